The van der Waals surface area contributed by atoms with Gasteiger partial charge in [-0.3, -0.25) is 9.59 Å². The van der Waals surface area contributed by atoms with Gasteiger partial charge in [0, 0.05) is 6.61 Å². The van der Waals surface area contributed by atoms with Gasteiger partial charge in [0.2, 0.25) is 0 Å². The molecule has 1 heterocycles. The Morgan fingerprint density at radius 3 is 2.46 bits per heavy atom. The normalized spacial score (nSPS) is 30.4. The minimum Gasteiger partial charge on any atom is -0.396 e. The summed E-state index contributed by atoms with van der Waals surface area (Å²) in [6.45, 7) is 3.55. The number of esters is 2. The number of ether oxygens (including phenoxy) is 1. The fourth-order valence-electron chi connectivity index (χ4n) is 1.44. The molecule has 0 bridgehead atoms. The Kier molecular flexibility index (Phi) is 3.03. The lowest BCUT2D eigenvalue weighted by atomic mass is 9.88. The van der Waals surface area contributed by atoms with Gasteiger partial charge in [-0.15, -0.1) is 0 Å². The van der Waals surface area contributed by atoms with Gasteiger partial charge in [-0.1, -0.05) is 13.8 Å². The predicted molar refractivity (Wildman–Crippen MR) is 44.6 cm³/mol. The van der Waals surface area contributed by atoms with Gasteiger partial charge in [-0.25, -0.2) is 0 Å². The first-order valence-electron chi connectivity index (χ1n) is 4.42. The van der Waals surface area contributed by atoms with Gasteiger partial charge in [0.25, 0.3) is 0 Å². The molecule has 13 heavy (non-hydrogen) atoms. The minimum atomic E-state index is -0.446. The smallest absolute Gasteiger partial charge is 0.317 e. The van der Waals surface area contributed by atoms with E-state index >= 15 is 0 Å². The van der Waals surface area contributed by atoms with E-state index in [-0.39, 0.29) is 24.4 Å². The third kappa shape index (κ3) is 2.06. The molecule has 3 atom stereocenters. The van der Waals surface area contributed by atoms with Crippen LogP contribution in [0.2, 0.25) is 0 Å². The third-order valence-electron chi connectivity index (χ3n) is 2.45. The summed E-state index contributed by atoms with van der Waals surface area (Å²) in [6.07, 6.45) is 0.516. The zero-order valence-corrected chi connectivity index (χ0v) is 7.82. The number of carbonyl (C=O) groups is 2. The molecule has 4 nitrogen and oxygen atoms in total. The Morgan fingerprint density at radius 1 is 1.46 bits per heavy atom. The molecule has 74 valence electrons. The lowest BCUT2D eigenvalue weighted by Crippen LogP contribution is -2.19. The van der Waals surface area contributed by atoms with Crippen molar-refractivity contribution in [2.75, 3.05) is 6.61 Å². The first-order valence-corrected chi connectivity index (χ1v) is 4.42. The van der Waals surface area contributed by atoms with Crippen molar-refractivity contribution in [1.29, 1.82) is 0 Å². The summed E-state index contributed by atoms with van der Waals surface area (Å²) in [5.41, 5.74) is 0. The molecule has 1 aliphatic heterocycles. The Labute approximate surface area is 76.9 Å². The monoisotopic (exact) mass is 186 g/mol. The summed E-state index contributed by atoms with van der Waals surface area (Å²) in [4.78, 5) is 22.1. The van der Waals surface area contributed by atoms with Crippen LogP contribution in [-0.2, 0) is 14.3 Å². The molecule has 0 aliphatic carbocycles. The van der Waals surface area contributed by atoms with E-state index in [0.29, 0.717) is 6.42 Å². The SMILES string of the molecule is CC(CO)CC1C(=O)OC(=O)C1C. The molecule has 1 fully saturated rings. The van der Waals surface area contributed by atoms with Crippen LogP contribution in [0.4, 0.5) is 0 Å². The van der Waals surface area contributed by atoms with Gasteiger partial charge in [-0.2, -0.15) is 0 Å². The molecule has 0 saturated carbocycles. The highest BCUT2D eigenvalue weighted by Gasteiger charge is 2.41. The molecular formula is C9H14O4. The van der Waals surface area contributed by atoms with Crippen LogP contribution in [0.3, 0.4) is 0 Å². The number of aliphatic hydroxyl groups excluding tert-OH is 1. The Bertz CT molecular complexity index is 224. The average Bonchev–Trinajstić information content (AvgIpc) is 2.32. The van der Waals surface area contributed by atoms with Crippen molar-refractivity contribution in [3.63, 3.8) is 0 Å². The number of cyclic esters (lactones) is 2. The Morgan fingerprint density at radius 2 is 2.08 bits per heavy atom. The van der Waals surface area contributed by atoms with Crippen LogP contribution in [0.5, 0.6) is 0 Å². The van der Waals surface area contributed by atoms with E-state index in [0.717, 1.165) is 0 Å². The molecule has 4 heteroatoms. The van der Waals surface area contributed by atoms with E-state index < -0.39 is 11.9 Å². The zero-order valence-electron chi connectivity index (χ0n) is 7.82. The van der Waals surface area contributed by atoms with Crippen LogP contribution in [0.15, 0.2) is 0 Å². The van der Waals surface area contributed by atoms with E-state index in [1.807, 2.05) is 6.92 Å². The quantitative estimate of drug-likeness (QED) is 0.510. The van der Waals surface area contributed by atoms with Crippen LogP contribution in [0, 0.1) is 17.8 Å². The van der Waals surface area contributed by atoms with Crippen molar-refractivity contribution in [2.45, 2.75) is 20.3 Å². The van der Waals surface area contributed by atoms with Gasteiger partial charge in [0.1, 0.15) is 0 Å². The van der Waals surface area contributed by atoms with Gasteiger partial charge in [0.15, 0.2) is 0 Å². The van der Waals surface area contributed by atoms with E-state index in [4.69, 9.17) is 5.11 Å². The summed E-state index contributed by atoms with van der Waals surface area (Å²) in [7, 11) is 0. The van der Waals surface area contributed by atoms with E-state index in [2.05, 4.69) is 4.74 Å². The molecule has 3 unspecified atom stereocenters. The van der Waals surface area contributed by atoms with Crippen LogP contribution >= 0.6 is 0 Å². The van der Waals surface area contributed by atoms with Crippen LogP contribution in [0.25, 0.3) is 0 Å². The molecule has 0 aromatic heterocycles. The maximum Gasteiger partial charge on any atom is 0.317 e. The second-order valence-corrected chi connectivity index (χ2v) is 3.66. The van der Waals surface area contributed by atoms with Crippen molar-refractivity contribution in [3.8, 4) is 0 Å². The number of aliphatic hydroxyl groups is 1. The molecule has 0 amide bonds. The summed E-state index contributed by atoms with van der Waals surface area (Å²) in [5, 5.41) is 8.80. The summed E-state index contributed by atoms with van der Waals surface area (Å²) in [6, 6.07) is 0. The molecule has 1 saturated heterocycles. The molecule has 1 N–H and O–H groups in total. The highest BCUT2D eigenvalue weighted by Crippen LogP contribution is 2.28. The standard InChI is InChI=1S/C9H14O4/c1-5(4-10)3-7-6(2)8(11)13-9(7)12/h5-7,10H,3-4H2,1-2H3. The molecule has 1 rings (SSSR count). The highest BCUT2D eigenvalue weighted by atomic mass is 16.6. The topological polar surface area (TPSA) is 63.6 Å². The Hall–Kier alpha value is -0.900. The van der Waals surface area contributed by atoms with Crippen LogP contribution in [-0.4, -0.2) is 23.7 Å². The lowest BCUT2D eigenvalue weighted by Gasteiger charge is -2.12. The zero-order chi connectivity index (χ0) is 10.0. The third-order valence-corrected chi connectivity index (χ3v) is 2.45. The van der Waals surface area contributed by atoms with Crippen LogP contribution < -0.4 is 0 Å². The largest absolute Gasteiger partial charge is 0.396 e. The second-order valence-electron chi connectivity index (χ2n) is 3.66. The molecule has 0 spiro atoms. The first-order chi connectivity index (χ1) is 6.06. The molecule has 0 aromatic carbocycles. The minimum absolute atomic E-state index is 0.0324. The van der Waals surface area contributed by atoms with Gasteiger partial charge in [0.05, 0.1) is 11.8 Å². The maximum absolute atomic E-state index is 11.1. The number of rotatable bonds is 3. The molecule has 0 radical (unpaired) electrons. The van der Waals surface area contributed by atoms with Crippen molar-refractivity contribution < 1.29 is 19.4 Å². The van der Waals surface area contributed by atoms with E-state index in [1.165, 1.54) is 0 Å². The van der Waals surface area contributed by atoms with E-state index in [1.54, 1.807) is 6.92 Å². The van der Waals surface area contributed by atoms with Crippen LogP contribution in [0.1, 0.15) is 20.3 Å². The second kappa shape index (κ2) is 3.87. The summed E-state index contributed by atoms with van der Waals surface area (Å²) in [5.74, 6) is -1.58. The number of carbonyl (C=O) groups excluding carboxylic acids is 2. The number of hydrogen-bond donors (Lipinski definition) is 1. The van der Waals surface area contributed by atoms with Crippen molar-refractivity contribution in [2.24, 2.45) is 17.8 Å². The van der Waals surface area contributed by atoms with Crippen molar-refractivity contribution in [3.05, 3.63) is 0 Å². The van der Waals surface area contributed by atoms with Gasteiger partial charge >= 0.3 is 11.9 Å². The first kappa shape index (κ1) is 10.2. The molecular weight excluding hydrogens is 172 g/mol. The summed E-state index contributed by atoms with van der Waals surface area (Å²) >= 11 is 0. The molecule has 0 aromatic rings. The fraction of sp³-hybridized carbons (Fsp3) is 0.778. The Balaban J connectivity index is 2.58. The van der Waals surface area contributed by atoms with Gasteiger partial charge in [-0.05, 0) is 12.3 Å². The van der Waals surface area contributed by atoms with Gasteiger partial charge < -0.3 is 9.84 Å². The maximum atomic E-state index is 11.1. The average molecular weight is 186 g/mol. The predicted octanol–water partition coefficient (Wildman–Crippen LogP) is 0.341. The van der Waals surface area contributed by atoms with E-state index in [9.17, 15) is 9.59 Å². The van der Waals surface area contributed by atoms with Crippen molar-refractivity contribution >= 4 is 11.9 Å². The fourth-order valence-corrected chi connectivity index (χ4v) is 1.44. The molecule has 1 aliphatic rings. The summed E-state index contributed by atoms with van der Waals surface area (Å²) < 4.78 is 4.47. The number of hydrogen-bond acceptors (Lipinski definition) is 4. The van der Waals surface area contributed by atoms with Crippen molar-refractivity contribution in [1.82, 2.24) is 0 Å². The lowest BCUT2D eigenvalue weighted by molar-refractivity contribution is -0.153. The highest BCUT2D eigenvalue weighted by molar-refractivity contribution is 5.96.